The average molecular weight is 225 g/mol. The molecule has 0 spiro atoms. The Morgan fingerprint density at radius 2 is 1.94 bits per heavy atom. The fraction of sp³-hybridized carbons (Fsp3) is 0.917. The smallest absolute Gasteiger partial charge is 0.407 e. The molecular weight excluding hydrogens is 206 g/mol. The summed E-state index contributed by atoms with van der Waals surface area (Å²) in [6, 6.07) is 0. The zero-order valence-corrected chi connectivity index (χ0v) is 9.56. The third kappa shape index (κ3) is 1.43. The summed E-state index contributed by atoms with van der Waals surface area (Å²) in [7, 11) is 1.59. The van der Waals surface area contributed by atoms with Gasteiger partial charge in [-0.3, -0.25) is 0 Å². The first-order chi connectivity index (χ1) is 7.69. The van der Waals surface area contributed by atoms with Gasteiger partial charge in [-0.1, -0.05) is 0 Å². The van der Waals surface area contributed by atoms with Gasteiger partial charge in [0.15, 0.2) is 0 Å². The molecule has 3 rings (SSSR count). The highest BCUT2D eigenvalue weighted by Crippen LogP contribution is 2.59. The third-order valence-electron chi connectivity index (χ3n) is 4.87. The maximum absolute atomic E-state index is 11.1. The first-order valence-electron chi connectivity index (χ1n) is 6.25. The molecule has 2 N–H and O–H groups in total. The van der Waals surface area contributed by atoms with E-state index in [1.807, 2.05) is 0 Å². The molecule has 0 aromatic carbocycles. The summed E-state index contributed by atoms with van der Waals surface area (Å²) in [5, 5.41) is 12.4. The number of amides is 1. The van der Waals surface area contributed by atoms with Crippen molar-refractivity contribution in [3.63, 3.8) is 0 Å². The van der Waals surface area contributed by atoms with Crippen LogP contribution < -0.4 is 5.32 Å². The predicted molar refractivity (Wildman–Crippen MR) is 57.8 cm³/mol. The second kappa shape index (κ2) is 3.62. The van der Waals surface area contributed by atoms with Crippen LogP contribution in [0.25, 0.3) is 0 Å². The van der Waals surface area contributed by atoms with Crippen molar-refractivity contribution >= 4 is 6.09 Å². The van der Waals surface area contributed by atoms with E-state index in [0.717, 1.165) is 19.3 Å². The molecule has 1 amide bonds. The SMILES string of the molecule is CNC(=O)OC1CC2C3CC(O)C(C3)C2C1. The molecule has 90 valence electrons. The van der Waals surface area contributed by atoms with Crippen LogP contribution in [0.1, 0.15) is 25.7 Å². The van der Waals surface area contributed by atoms with Crippen LogP contribution in [-0.2, 0) is 4.74 Å². The van der Waals surface area contributed by atoms with Gasteiger partial charge in [-0.15, -0.1) is 0 Å². The van der Waals surface area contributed by atoms with Gasteiger partial charge in [-0.25, -0.2) is 4.79 Å². The van der Waals surface area contributed by atoms with Crippen LogP contribution in [0, 0.1) is 23.7 Å². The van der Waals surface area contributed by atoms with Crippen molar-refractivity contribution < 1.29 is 14.6 Å². The molecule has 3 aliphatic carbocycles. The van der Waals surface area contributed by atoms with Gasteiger partial charge in [0.25, 0.3) is 0 Å². The number of hydrogen-bond donors (Lipinski definition) is 2. The van der Waals surface area contributed by atoms with E-state index in [1.54, 1.807) is 7.05 Å². The van der Waals surface area contributed by atoms with Crippen molar-refractivity contribution in [2.75, 3.05) is 7.05 Å². The molecule has 0 aromatic rings. The van der Waals surface area contributed by atoms with Crippen LogP contribution in [0.3, 0.4) is 0 Å². The van der Waals surface area contributed by atoms with E-state index >= 15 is 0 Å². The Morgan fingerprint density at radius 1 is 1.19 bits per heavy atom. The minimum absolute atomic E-state index is 0.0746. The fourth-order valence-electron chi connectivity index (χ4n) is 4.29. The number of aliphatic hydroxyl groups excluding tert-OH is 1. The number of rotatable bonds is 1. The molecule has 2 bridgehead atoms. The number of aliphatic hydroxyl groups is 1. The van der Waals surface area contributed by atoms with Crippen molar-refractivity contribution in [2.45, 2.75) is 37.9 Å². The molecule has 6 unspecified atom stereocenters. The highest BCUT2D eigenvalue weighted by Gasteiger charge is 2.56. The van der Waals surface area contributed by atoms with Crippen LogP contribution in [0.5, 0.6) is 0 Å². The molecule has 0 aromatic heterocycles. The maximum Gasteiger partial charge on any atom is 0.407 e. The van der Waals surface area contributed by atoms with Crippen molar-refractivity contribution in [3.8, 4) is 0 Å². The monoisotopic (exact) mass is 225 g/mol. The number of alkyl carbamates (subject to hydrolysis) is 1. The zero-order chi connectivity index (χ0) is 11.3. The highest BCUT2D eigenvalue weighted by atomic mass is 16.6. The molecule has 0 aliphatic heterocycles. The van der Waals surface area contributed by atoms with Crippen LogP contribution in [-0.4, -0.2) is 30.5 Å². The van der Waals surface area contributed by atoms with E-state index in [9.17, 15) is 9.90 Å². The number of nitrogens with one attached hydrogen (secondary N) is 1. The van der Waals surface area contributed by atoms with Gasteiger partial charge in [0.2, 0.25) is 0 Å². The van der Waals surface area contributed by atoms with E-state index < -0.39 is 0 Å². The molecule has 3 aliphatic rings. The summed E-state index contributed by atoms with van der Waals surface area (Å²) in [5.41, 5.74) is 0. The third-order valence-corrected chi connectivity index (χ3v) is 4.87. The molecular formula is C12H19NO3. The molecule has 0 radical (unpaired) electrons. The number of carbonyl (C=O) groups excluding carboxylic acids is 1. The zero-order valence-electron chi connectivity index (χ0n) is 9.56. The Bertz CT molecular complexity index is 307. The van der Waals surface area contributed by atoms with Gasteiger partial charge in [-0.2, -0.15) is 0 Å². The van der Waals surface area contributed by atoms with Gasteiger partial charge in [0.1, 0.15) is 6.10 Å². The van der Waals surface area contributed by atoms with E-state index in [1.165, 1.54) is 6.42 Å². The van der Waals surface area contributed by atoms with Crippen molar-refractivity contribution in [3.05, 3.63) is 0 Å². The van der Waals surface area contributed by atoms with E-state index in [2.05, 4.69) is 5.32 Å². The average Bonchev–Trinajstić information content (AvgIpc) is 2.87. The summed E-state index contributed by atoms with van der Waals surface area (Å²) in [4.78, 5) is 11.1. The molecule has 3 saturated carbocycles. The lowest BCUT2D eigenvalue weighted by Gasteiger charge is -2.27. The van der Waals surface area contributed by atoms with Gasteiger partial charge < -0.3 is 15.2 Å². The Balaban J connectivity index is 1.64. The predicted octanol–water partition coefficient (Wildman–Crippen LogP) is 1.14. The standard InChI is InChI=1S/C12H19NO3/c1-13-12(15)16-7-4-8-6-2-10(9(8)5-7)11(14)3-6/h6-11,14H,2-5H2,1H3,(H,13,15). The second-order valence-electron chi connectivity index (χ2n) is 5.54. The summed E-state index contributed by atoms with van der Waals surface area (Å²) >= 11 is 0. The summed E-state index contributed by atoms with van der Waals surface area (Å²) < 4.78 is 5.32. The Morgan fingerprint density at radius 3 is 2.69 bits per heavy atom. The molecule has 3 fully saturated rings. The van der Waals surface area contributed by atoms with Crippen LogP contribution in [0.4, 0.5) is 4.79 Å². The number of ether oxygens (including phenoxy) is 1. The number of hydrogen-bond acceptors (Lipinski definition) is 3. The topological polar surface area (TPSA) is 58.6 Å². The molecule has 0 saturated heterocycles. The van der Waals surface area contributed by atoms with Gasteiger partial charge in [0, 0.05) is 7.05 Å². The van der Waals surface area contributed by atoms with Crippen LogP contribution in [0.15, 0.2) is 0 Å². The maximum atomic E-state index is 11.1. The van der Waals surface area contributed by atoms with Gasteiger partial charge in [0.05, 0.1) is 6.10 Å². The molecule has 0 heterocycles. The first kappa shape index (κ1) is 10.4. The summed E-state index contributed by atoms with van der Waals surface area (Å²) in [6.45, 7) is 0. The minimum Gasteiger partial charge on any atom is -0.446 e. The number of fused-ring (bicyclic) bond motifs is 5. The van der Waals surface area contributed by atoms with Crippen molar-refractivity contribution in [1.29, 1.82) is 0 Å². The Hall–Kier alpha value is -0.770. The van der Waals surface area contributed by atoms with Crippen molar-refractivity contribution in [1.82, 2.24) is 5.32 Å². The lowest BCUT2D eigenvalue weighted by molar-refractivity contribution is 0.0625. The van der Waals surface area contributed by atoms with Crippen LogP contribution >= 0.6 is 0 Å². The molecule has 16 heavy (non-hydrogen) atoms. The minimum atomic E-state index is -0.321. The van der Waals surface area contributed by atoms with E-state index in [0.29, 0.717) is 23.7 Å². The highest BCUT2D eigenvalue weighted by molar-refractivity contribution is 5.66. The molecule has 6 atom stereocenters. The first-order valence-corrected chi connectivity index (χ1v) is 6.25. The molecule has 4 heteroatoms. The summed E-state index contributed by atoms with van der Waals surface area (Å²) in [5.74, 6) is 2.46. The van der Waals surface area contributed by atoms with Crippen molar-refractivity contribution in [2.24, 2.45) is 23.7 Å². The number of carbonyl (C=O) groups is 1. The Kier molecular flexibility index (Phi) is 2.35. The summed E-state index contributed by atoms with van der Waals surface area (Å²) in [6.07, 6.45) is 3.79. The Labute approximate surface area is 95.4 Å². The normalized spacial score (nSPS) is 49.1. The lowest BCUT2D eigenvalue weighted by atomic mass is 9.80. The second-order valence-corrected chi connectivity index (χ2v) is 5.54. The quantitative estimate of drug-likeness (QED) is 0.703. The fourth-order valence-corrected chi connectivity index (χ4v) is 4.29. The van der Waals surface area contributed by atoms with E-state index in [4.69, 9.17) is 4.74 Å². The lowest BCUT2D eigenvalue weighted by Crippen LogP contribution is -2.27. The largest absolute Gasteiger partial charge is 0.446 e. The van der Waals surface area contributed by atoms with E-state index in [-0.39, 0.29) is 18.3 Å². The van der Waals surface area contributed by atoms with Gasteiger partial charge in [-0.05, 0) is 49.4 Å². The van der Waals surface area contributed by atoms with Crippen LogP contribution in [0.2, 0.25) is 0 Å². The molecule has 4 nitrogen and oxygen atoms in total. The van der Waals surface area contributed by atoms with Gasteiger partial charge >= 0.3 is 6.09 Å².